The fourth-order valence-corrected chi connectivity index (χ4v) is 0.770. The van der Waals surface area contributed by atoms with Crippen molar-refractivity contribution in [2.45, 2.75) is 19.5 Å². The van der Waals surface area contributed by atoms with Crippen molar-refractivity contribution in [2.75, 3.05) is 26.2 Å². The smallest absolute Gasteiger partial charge is 0.0517 e. The summed E-state index contributed by atoms with van der Waals surface area (Å²) >= 11 is 0. The number of hydrogen-bond donors (Lipinski definition) is 4. The first kappa shape index (κ1) is 10.8. The first-order chi connectivity index (χ1) is 5.27. The van der Waals surface area contributed by atoms with Gasteiger partial charge in [0.1, 0.15) is 0 Å². The lowest BCUT2D eigenvalue weighted by Crippen LogP contribution is -2.36. The minimum atomic E-state index is 0.101. The van der Waals surface area contributed by atoms with Gasteiger partial charge in [-0.1, -0.05) is 0 Å². The van der Waals surface area contributed by atoms with Gasteiger partial charge in [0.05, 0.1) is 6.17 Å². The molecule has 0 aliphatic heterocycles. The Morgan fingerprint density at radius 3 is 2.55 bits per heavy atom. The molecule has 0 spiro atoms. The fraction of sp³-hybridized carbons (Fsp3) is 1.00. The Labute approximate surface area is 68.7 Å². The molecule has 68 valence electrons. The number of nitrogens with two attached hydrogens (primary N) is 2. The average Bonchev–Trinajstić information content (AvgIpc) is 1.96. The molecule has 0 aromatic heterocycles. The van der Waals surface area contributed by atoms with E-state index in [0.29, 0.717) is 6.54 Å². The summed E-state index contributed by atoms with van der Waals surface area (Å²) in [5, 5.41) is 6.33. The van der Waals surface area contributed by atoms with E-state index >= 15 is 0 Å². The SMILES string of the molecule is CC(N)NCCCNCCN. The minimum absolute atomic E-state index is 0.101. The maximum Gasteiger partial charge on any atom is 0.0517 e. The van der Waals surface area contributed by atoms with E-state index in [9.17, 15) is 0 Å². The Kier molecular flexibility index (Phi) is 7.83. The highest BCUT2D eigenvalue weighted by molar-refractivity contribution is 4.53. The molecule has 4 nitrogen and oxygen atoms in total. The molecule has 0 saturated heterocycles. The molecular weight excluding hydrogens is 140 g/mol. The molecule has 0 aromatic rings. The van der Waals surface area contributed by atoms with E-state index in [1.165, 1.54) is 0 Å². The lowest BCUT2D eigenvalue weighted by Gasteiger charge is -2.07. The highest BCUT2D eigenvalue weighted by Crippen LogP contribution is 1.73. The lowest BCUT2D eigenvalue weighted by atomic mass is 10.4. The second kappa shape index (κ2) is 7.94. The van der Waals surface area contributed by atoms with Crippen LogP contribution in [0.4, 0.5) is 0 Å². The predicted octanol–water partition coefficient (Wildman–Crippen LogP) is -1.18. The summed E-state index contributed by atoms with van der Waals surface area (Å²) in [6.07, 6.45) is 1.20. The molecule has 11 heavy (non-hydrogen) atoms. The third-order valence-corrected chi connectivity index (χ3v) is 1.32. The van der Waals surface area contributed by atoms with Crippen LogP contribution in [0, 0.1) is 0 Å². The van der Waals surface area contributed by atoms with E-state index in [0.717, 1.165) is 26.1 Å². The van der Waals surface area contributed by atoms with Crippen LogP contribution in [0.15, 0.2) is 0 Å². The summed E-state index contributed by atoms with van der Waals surface area (Å²) in [6.45, 7) is 5.53. The van der Waals surface area contributed by atoms with Gasteiger partial charge in [-0.3, -0.25) is 0 Å². The van der Waals surface area contributed by atoms with E-state index in [1.54, 1.807) is 0 Å². The van der Waals surface area contributed by atoms with Crippen LogP contribution in [0.25, 0.3) is 0 Å². The zero-order valence-corrected chi connectivity index (χ0v) is 7.27. The van der Waals surface area contributed by atoms with Crippen molar-refractivity contribution < 1.29 is 0 Å². The first-order valence-electron chi connectivity index (χ1n) is 4.17. The lowest BCUT2D eigenvalue weighted by molar-refractivity contribution is 0.535. The first-order valence-corrected chi connectivity index (χ1v) is 4.17. The highest BCUT2D eigenvalue weighted by atomic mass is 15.0. The van der Waals surface area contributed by atoms with Crippen LogP contribution in [-0.4, -0.2) is 32.3 Å². The molecular formula is C7H20N4. The van der Waals surface area contributed by atoms with E-state index in [4.69, 9.17) is 11.5 Å². The van der Waals surface area contributed by atoms with Gasteiger partial charge in [-0.25, -0.2) is 0 Å². The van der Waals surface area contributed by atoms with Gasteiger partial charge >= 0.3 is 0 Å². The molecule has 0 amide bonds. The van der Waals surface area contributed by atoms with Gasteiger partial charge in [-0.15, -0.1) is 0 Å². The summed E-state index contributed by atoms with van der Waals surface area (Å²) in [5.74, 6) is 0. The summed E-state index contributed by atoms with van der Waals surface area (Å²) in [6, 6.07) is 0. The fourth-order valence-electron chi connectivity index (χ4n) is 0.770. The Bertz CT molecular complexity index is 74.8. The standard InChI is InChI=1S/C7H20N4/c1-7(9)11-5-2-4-10-6-3-8/h7,10-11H,2-6,8-9H2,1H3. The van der Waals surface area contributed by atoms with E-state index in [1.807, 2.05) is 6.92 Å². The van der Waals surface area contributed by atoms with Gasteiger partial charge in [0.25, 0.3) is 0 Å². The third-order valence-electron chi connectivity index (χ3n) is 1.32. The molecule has 0 rings (SSSR count). The Morgan fingerprint density at radius 2 is 2.00 bits per heavy atom. The monoisotopic (exact) mass is 160 g/mol. The molecule has 0 aliphatic rings. The largest absolute Gasteiger partial charge is 0.329 e. The summed E-state index contributed by atoms with van der Waals surface area (Å²) in [5.41, 5.74) is 10.8. The molecule has 0 aliphatic carbocycles. The average molecular weight is 160 g/mol. The topological polar surface area (TPSA) is 76.1 Å². The number of nitrogens with one attached hydrogen (secondary N) is 2. The summed E-state index contributed by atoms with van der Waals surface area (Å²) < 4.78 is 0. The van der Waals surface area contributed by atoms with E-state index < -0.39 is 0 Å². The van der Waals surface area contributed by atoms with Crippen molar-refractivity contribution >= 4 is 0 Å². The van der Waals surface area contributed by atoms with Crippen molar-refractivity contribution in [2.24, 2.45) is 11.5 Å². The normalized spacial score (nSPS) is 13.4. The van der Waals surface area contributed by atoms with E-state index in [2.05, 4.69) is 10.6 Å². The quantitative estimate of drug-likeness (QED) is 0.279. The molecule has 4 heteroatoms. The van der Waals surface area contributed by atoms with Crippen LogP contribution in [0.2, 0.25) is 0 Å². The predicted molar refractivity (Wildman–Crippen MR) is 48.2 cm³/mol. The molecule has 6 N–H and O–H groups in total. The van der Waals surface area contributed by atoms with Crippen molar-refractivity contribution in [3.8, 4) is 0 Å². The summed E-state index contributed by atoms with van der Waals surface area (Å²) in [4.78, 5) is 0. The van der Waals surface area contributed by atoms with Crippen molar-refractivity contribution in [3.05, 3.63) is 0 Å². The number of hydrogen-bond acceptors (Lipinski definition) is 4. The van der Waals surface area contributed by atoms with Crippen LogP contribution >= 0.6 is 0 Å². The maximum atomic E-state index is 5.48. The van der Waals surface area contributed by atoms with E-state index in [-0.39, 0.29) is 6.17 Å². The highest BCUT2D eigenvalue weighted by Gasteiger charge is 1.90. The van der Waals surface area contributed by atoms with Crippen LogP contribution in [0.3, 0.4) is 0 Å². The molecule has 0 saturated carbocycles. The zero-order valence-electron chi connectivity index (χ0n) is 7.27. The van der Waals surface area contributed by atoms with Gasteiger partial charge in [-0.05, 0) is 26.4 Å². The molecule has 0 radical (unpaired) electrons. The van der Waals surface area contributed by atoms with Crippen LogP contribution in [0.1, 0.15) is 13.3 Å². The van der Waals surface area contributed by atoms with Gasteiger partial charge in [0.15, 0.2) is 0 Å². The van der Waals surface area contributed by atoms with Gasteiger partial charge in [-0.2, -0.15) is 0 Å². The second-order valence-corrected chi connectivity index (χ2v) is 2.64. The maximum absolute atomic E-state index is 5.48. The van der Waals surface area contributed by atoms with Gasteiger partial charge in [0.2, 0.25) is 0 Å². The minimum Gasteiger partial charge on any atom is -0.329 e. The van der Waals surface area contributed by atoms with Crippen molar-refractivity contribution in [1.29, 1.82) is 0 Å². The summed E-state index contributed by atoms with van der Waals surface area (Å²) in [7, 11) is 0. The Balaban J connectivity index is 2.80. The van der Waals surface area contributed by atoms with Gasteiger partial charge < -0.3 is 22.1 Å². The molecule has 1 unspecified atom stereocenters. The molecule has 1 atom stereocenters. The van der Waals surface area contributed by atoms with Crippen LogP contribution in [0.5, 0.6) is 0 Å². The zero-order chi connectivity index (χ0) is 8.53. The molecule has 0 heterocycles. The van der Waals surface area contributed by atoms with Crippen molar-refractivity contribution in [3.63, 3.8) is 0 Å². The molecule has 0 aromatic carbocycles. The number of rotatable bonds is 7. The Hall–Kier alpha value is -0.160. The van der Waals surface area contributed by atoms with Gasteiger partial charge in [0, 0.05) is 13.1 Å². The molecule has 0 bridgehead atoms. The second-order valence-electron chi connectivity index (χ2n) is 2.64. The van der Waals surface area contributed by atoms with Crippen LogP contribution < -0.4 is 22.1 Å². The van der Waals surface area contributed by atoms with Crippen LogP contribution in [-0.2, 0) is 0 Å². The van der Waals surface area contributed by atoms with Crippen molar-refractivity contribution in [1.82, 2.24) is 10.6 Å². The molecule has 0 fully saturated rings. The Morgan fingerprint density at radius 1 is 1.27 bits per heavy atom. The third kappa shape index (κ3) is 9.84.